The van der Waals surface area contributed by atoms with Gasteiger partial charge in [-0.25, -0.2) is 4.39 Å². The molecular weight excluding hydrogens is 331 g/mol. The van der Waals surface area contributed by atoms with Crippen molar-refractivity contribution in [2.45, 2.75) is 19.8 Å². The standard InChI is InChI=1S/C18H18ClFN2O2/c1-12-6-7-14(10-15(12)19)22-18(24)11-17(23)21-9-8-13-4-2-3-5-16(13)20/h2-7,10H,8-9,11H2,1H3,(H,21,23)(H,22,24). The van der Waals surface area contributed by atoms with Gasteiger partial charge in [0.15, 0.2) is 0 Å². The minimum atomic E-state index is -0.432. The molecule has 24 heavy (non-hydrogen) atoms. The van der Waals surface area contributed by atoms with E-state index >= 15 is 0 Å². The van der Waals surface area contributed by atoms with E-state index in [0.717, 1.165) is 5.56 Å². The number of hydrogen-bond donors (Lipinski definition) is 2. The van der Waals surface area contributed by atoms with Gasteiger partial charge in [0.25, 0.3) is 0 Å². The Labute approximate surface area is 145 Å². The largest absolute Gasteiger partial charge is 0.355 e. The van der Waals surface area contributed by atoms with Crippen LogP contribution in [0.15, 0.2) is 42.5 Å². The van der Waals surface area contributed by atoms with Crippen LogP contribution in [0, 0.1) is 12.7 Å². The van der Waals surface area contributed by atoms with Crippen molar-refractivity contribution in [3.8, 4) is 0 Å². The number of carbonyl (C=O) groups is 2. The third-order valence-corrected chi connectivity index (χ3v) is 3.86. The van der Waals surface area contributed by atoms with Gasteiger partial charge in [-0.3, -0.25) is 9.59 Å². The summed E-state index contributed by atoms with van der Waals surface area (Å²) in [5, 5.41) is 5.76. The first-order valence-corrected chi connectivity index (χ1v) is 7.89. The van der Waals surface area contributed by atoms with E-state index in [1.807, 2.05) is 6.92 Å². The topological polar surface area (TPSA) is 58.2 Å². The van der Waals surface area contributed by atoms with Gasteiger partial charge in [0.1, 0.15) is 12.2 Å². The Kier molecular flexibility index (Phi) is 6.32. The molecule has 0 radical (unpaired) electrons. The SMILES string of the molecule is Cc1ccc(NC(=O)CC(=O)NCCc2ccccc2F)cc1Cl. The van der Waals surface area contributed by atoms with Crippen LogP contribution < -0.4 is 10.6 Å². The molecule has 0 saturated heterocycles. The van der Waals surface area contributed by atoms with Gasteiger partial charge < -0.3 is 10.6 Å². The van der Waals surface area contributed by atoms with Crippen molar-refractivity contribution in [3.05, 3.63) is 64.4 Å². The van der Waals surface area contributed by atoms with Crippen LogP contribution in [-0.4, -0.2) is 18.4 Å². The number of amides is 2. The fraction of sp³-hybridized carbons (Fsp3) is 0.222. The van der Waals surface area contributed by atoms with Crippen LogP contribution in [-0.2, 0) is 16.0 Å². The Bertz CT molecular complexity index is 750. The van der Waals surface area contributed by atoms with Gasteiger partial charge in [0, 0.05) is 17.3 Å². The van der Waals surface area contributed by atoms with Crippen molar-refractivity contribution in [2.75, 3.05) is 11.9 Å². The van der Waals surface area contributed by atoms with Crippen LogP contribution in [0.3, 0.4) is 0 Å². The molecule has 2 aromatic carbocycles. The number of nitrogens with one attached hydrogen (secondary N) is 2. The Balaban J connectivity index is 1.76. The number of halogens is 2. The molecule has 0 aliphatic rings. The third-order valence-electron chi connectivity index (χ3n) is 3.45. The Morgan fingerprint density at radius 1 is 1.12 bits per heavy atom. The Morgan fingerprint density at radius 3 is 2.58 bits per heavy atom. The van der Waals surface area contributed by atoms with E-state index < -0.39 is 11.8 Å². The van der Waals surface area contributed by atoms with E-state index in [-0.39, 0.29) is 18.8 Å². The lowest BCUT2D eigenvalue weighted by atomic mass is 10.1. The molecule has 0 aliphatic heterocycles. The molecule has 0 atom stereocenters. The maximum atomic E-state index is 13.4. The summed E-state index contributed by atoms with van der Waals surface area (Å²) in [7, 11) is 0. The van der Waals surface area contributed by atoms with Crippen LogP contribution in [0.4, 0.5) is 10.1 Å². The second kappa shape index (κ2) is 8.45. The minimum absolute atomic E-state index is 0.267. The van der Waals surface area contributed by atoms with Crippen LogP contribution in [0.25, 0.3) is 0 Å². The van der Waals surface area contributed by atoms with Crippen molar-refractivity contribution in [1.29, 1.82) is 0 Å². The Hall–Kier alpha value is -2.40. The normalized spacial score (nSPS) is 10.3. The number of hydrogen-bond acceptors (Lipinski definition) is 2. The molecule has 0 fully saturated rings. The minimum Gasteiger partial charge on any atom is -0.355 e. The highest BCUT2D eigenvalue weighted by Crippen LogP contribution is 2.19. The summed E-state index contributed by atoms with van der Waals surface area (Å²) >= 11 is 5.98. The maximum absolute atomic E-state index is 13.4. The van der Waals surface area contributed by atoms with Crippen LogP contribution >= 0.6 is 11.6 Å². The molecule has 2 N–H and O–H groups in total. The van der Waals surface area contributed by atoms with Gasteiger partial charge in [-0.1, -0.05) is 35.9 Å². The van der Waals surface area contributed by atoms with Gasteiger partial charge in [0.2, 0.25) is 11.8 Å². The zero-order valence-corrected chi connectivity index (χ0v) is 14.0. The molecule has 126 valence electrons. The predicted molar refractivity (Wildman–Crippen MR) is 92.5 cm³/mol. The number of benzene rings is 2. The second-order valence-electron chi connectivity index (χ2n) is 5.38. The molecule has 0 saturated carbocycles. The third kappa shape index (κ3) is 5.35. The van der Waals surface area contributed by atoms with Gasteiger partial charge >= 0.3 is 0 Å². The first kappa shape index (κ1) is 17.9. The van der Waals surface area contributed by atoms with E-state index in [4.69, 9.17) is 11.6 Å². The number of carbonyl (C=O) groups excluding carboxylic acids is 2. The highest BCUT2D eigenvalue weighted by atomic mass is 35.5. The second-order valence-corrected chi connectivity index (χ2v) is 5.79. The number of anilines is 1. The van der Waals surface area contributed by atoms with E-state index in [9.17, 15) is 14.0 Å². The molecule has 2 aromatic rings. The van der Waals surface area contributed by atoms with Gasteiger partial charge in [0.05, 0.1) is 0 Å². The molecule has 0 bridgehead atoms. The highest BCUT2D eigenvalue weighted by molar-refractivity contribution is 6.31. The zero-order valence-electron chi connectivity index (χ0n) is 13.2. The van der Waals surface area contributed by atoms with Gasteiger partial charge in [-0.2, -0.15) is 0 Å². The smallest absolute Gasteiger partial charge is 0.233 e. The lowest BCUT2D eigenvalue weighted by Gasteiger charge is -2.08. The van der Waals surface area contributed by atoms with Crippen molar-refractivity contribution in [2.24, 2.45) is 0 Å². The highest BCUT2D eigenvalue weighted by Gasteiger charge is 2.10. The van der Waals surface area contributed by atoms with E-state index in [2.05, 4.69) is 10.6 Å². The fourth-order valence-corrected chi connectivity index (χ4v) is 2.30. The summed E-state index contributed by atoms with van der Waals surface area (Å²) in [5.41, 5.74) is 1.96. The maximum Gasteiger partial charge on any atom is 0.233 e. The van der Waals surface area contributed by atoms with Crippen molar-refractivity contribution in [3.63, 3.8) is 0 Å². The molecule has 0 aliphatic carbocycles. The van der Waals surface area contributed by atoms with Crippen molar-refractivity contribution in [1.82, 2.24) is 5.32 Å². The first-order chi connectivity index (χ1) is 11.5. The van der Waals surface area contributed by atoms with E-state index in [1.165, 1.54) is 6.07 Å². The summed E-state index contributed by atoms with van der Waals surface area (Å²) in [4.78, 5) is 23.6. The molecule has 0 heterocycles. The predicted octanol–water partition coefficient (Wildman–Crippen LogP) is 3.48. The van der Waals surface area contributed by atoms with E-state index in [1.54, 1.807) is 36.4 Å². The summed E-state index contributed by atoms with van der Waals surface area (Å²) in [5.74, 6) is -1.15. The molecule has 6 heteroatoms. The molecule has 2 rings (SSSR count). The quantitative estimate of drug-likeness (QED) is 0.785. The molecule has 0 spiro atoms. The van der Waals surface area contributed by atoms with Crippen molar-refractivity contribution < 1.29 is 14.0 Å². The van der Waals surface area contributed by atoms with Crippen LogP contribution in [0.2, 0.25) is 5.02 Å². The molecule has 4 nitrogen and oxygen atoms in total. The monoisotopic (exact) mass is 348 g/mol. The van der Waals surface area contributed by atoms with Crippen LogP contribution in [0.1, 0.15) is 17.5 Å². The first-order valence-electron chi connectivity index (χ1n) is 7.52. The number of rotatable bonds is 6. The molecule has 2 amide bonds. The van der Waals surface area contributed by atoms with Gasteiger partial charge in [-0.15, -0.1) is 0 Å². The number of aryl methyl sites for hydroxylation is 1. The van der Waals surface area contributed by atoms with Gasteiger partial charge in [-0.05, 0) is 42.7 Å². The van der Waals surface area contributed by atoms with Crippen LogP contribution in [0.5, 0.6) is 0 Å². The lowest BCUT2D eigenvalue weighted by Crippen LogP contribution is -2.29. The Morgan fingerprint density at radius 2 is 1.88 bits per heavy atom. The average molecular weight is 349 g/mol. The van der Waals surface area contributed by atoms with E-state index in [0.29, 0.717) is 22.7 Å². The zero-order chi connectivity index (χ0) is 17.5. The molecular formula is C18H18ClFN2O2. The summed E-state index contributed by atoms with van der Waals surface area (Å²) in [6.07, 6.45) is 0.0658. The summed E-state index contributed by atoms with van der Waals surface area (Å²) in [6, 6.07) is 11.5. The fourth-order valence-electron chi connectivity index (χ4n) is 2.12. The lowest BCUT2D eigenvalue weighted by molar-refractivity contribution is -0.126. The molecule has 0 aromatic heterocycles. The average Bonchev–Trinajstić information content (AvgIpc) is 2.52. The molecule has 0 unspecified atom stereocenters. The van der Waals surface area contributed by atoms with Crippen molar-refractivity contribution >= 4 is 29.1 Å². The summed E-state index contributed by atoms with van der Waals surface area (Å²) < 4.78 is 13.4. The summed E-state index contributed by atoms with van der Waals surface area (Å²) in [6.45, 7) is 2.13.